The number of nitrogens with one attached hydrogen (secondary N) is 2. The van der Waals surface area contributed by atoms with Gasteiger partial charge in [0.25, 0.3) is 5.91 Å². The van der Waals surface area contributed by atoms with Gasteiger partial charge in [0.05, 0.1) is 29.2 Å². The highest BCUT2D eigenvalue weighted by Crippen LogP contribution is 2.44. The lowest BCUT2D eigenvalue weighted by Gasteiger charge is -2.45. The number of esters is 1. The van der Waals surface area contributed by atoms with Crippen LogP contribution in [-0.2, 0) is 37.1 Å². The Labute approximate surface area is 390 Å². The fourth-order valence-electron chi connectivity index (χ4n) is 9.62. The number of hydrogen-bond donors (Lipinski definition) is 3. The molecule has 4 aliphatic rings. The molecule has 4 heterocycles. The Hall–Kier alpha value is -4.40. The minimum absolute atomic E-state index is 0.00153. The molecule has 3 aromatic carbocycles. The van der Waals surface area contributed by atoms with E-state index in [4.69, 9.17) is 30.2 Å². The number of aromatic amines is 1. The van der Waals surface area contributed by atoms with Crippen molar-refractivity contribution in [2.45, 2.75) is 121 Å². The molecule has 1 unspecified atom stereocenters. The number of hydrogen-bond acceptors (Lipinski definition) is 10. The van der Waals surface area contributed by atoms with E-state index in [9.17, 15) is 19.5 Å². The topological polar surface area (TPSA) is 143 Å². The number of carbonyl (C=O) groups is 2. The molecular weight excluding hydrogens is 860 g/mol. The summed E-state index contributed by atoms with van der Waals surface area (Å²) in [6.07, 6.45) is 8.18. The van der Waals surface area contributed by atoms with Crippen LogP contribution in [0.3, 0.4) is 0 Å². The van der Waals surface area contributed by atoms with Gasteiger partial charge in [-0.2, -0.15) is 0 Å². The number of fused-ring (bicyclic) bond motifs is 4. The van der Waals surface area contributed by atoms with Crippen molar-refractivity contribution in [1.29, 1.82) is 0 Å². The number of likely N-dealkylation sites (N-methyl/N-ethyl adjacent to an activating group) is 1. The number of H-pyrrole nitrogens is 1. The van der Waals surface area contributed by atoms with Crippen LogP contribution in [-0.4, -0.2) is 99.7 Å². The van der Waals surface area contributed by atoms with Crippen LogP contribution in [0.15, 0.2) is 65.5 Å². The van der Waals surface area contributed by atoms with E-state index >= 15 is 0 Å². The first-order valence-electron chi connectivity index (χ1n) is 23.5. The van der Waals surface area contributed by atoms with E-state index in [-0.39, 0.29) is 40.9 Å². The van der Waals surface area contributed by atoms with Gasteiger partial charge in [0.2, 0.25) is 5.56 Å². The summed E-state index contributed by atoms with van der Waals surface area (Å²) in [5, 5.41) is 15.1. The Bertz CT molecular complexity index is 2370. The summed E-state index contributed by atoms with van der Waals surface area (Å²) in [7, 11) is 1.08. The molecular formula is C51H69ClN4O8Si. The molecule has 1 aromatic heterocycles. The molecule has 352 valence electrons. The molecule has 2 bridgehead atoms. The molecule has 4 aromatic rings. The first-order valence-corrected chi connectivity index (χ1v) is 26.8. The van der Waals surface area contributed by atoms with Crippen molar-refractivity contribution in [3.05, 3.63) is 98.3 Å². The van der Waals surface area contributed by atoms with Crippen molar-refractivity contribution in [1.82, 2.24) is 20.1 Å². The smallest absolute Gasteiger partial charge is 0.316 e. The number of rotatable bonds is 18. The zero-order valence-corrected chi connectivity index (χ0v) is 41.2. The standard InChI is InChI=1S/C51H69ClN4O8Si/c1-50(2,3)65(6,7)64-44(38-16-18-41(57)48-39(38)17-19-46(58)54-48)31-53-30-36-28-40(52)43(29-42(36)61-5)62-33-47(59)55(4)24-12-14-34-13-11-15-37(27-34)51(22-9-8-10-23-51)49(60)63-45-32-56-25-20-35(45)21-26-56/h11,13,15-19,27-29,35,44-45,53,57H,8-10,12,14,20-26,30-33H2,1-7H3,(H,54,58)/t44?,45-/m0/s1. The van der Waals surface area contributed by atoms with E-state index in [0.717, 1.165) is 99.7 Å². The average molecular weight is 930 g/mol. The molecule has 0 radical (unpaired) electrons. The third kappa shape index (κ3) is 11.2. The zero-order valence-electron chi connectivity index (χ0n) is 39.4. The van der Waals surface area contributed by atoms with Crippen molar-refractivity contribution in [3.63, 3.8) is 0 Å². The van der Waals surface area contributed by atoms with Gasteiger partial charge in [-0.15, -0.1) is 0 Å². The van der Waals surface area contributed by atoms with Crippen molar-refractivity contribution >= 4 is 42.7 Å². The molecule has 3 N–H and O–H groups in total. The lowest BCUT2D eigenvalue weighted by molar-refractivity contribution is -0.167. The lowest BCUT2D eigenvalue weighted by atomic mass is 9.69. The highest BCUT2D eigenvalue weighted by atomic mass is 35.5. The summed E-state index contributed by atoms with van der Waals surface area (Å²) in [4.78, 5) is 46.4. The molecule has 1 amide bonds. The van der Waals surface area contributed by atoms with E-state index in [1.165, 1.54) is 6.07 Å². The van der Waals surface area contributed by atoms with Gasteiger partial charge < -0.3 is 38.9 Å². The molecule has 14 heteroatoms. The number of phenolic OH excluding ortho intramolecular Hbond substituents is 1. The monoisotopic (exact) mass is 928 g/mol. The highest BCUT2D eigenvalue weighted by Gasteiger charge is 2.46. The Kier molecular flexibility index (Phi) is 15.4. The first-order chi connectivity index (χ1) is 31.0. The van der Waals surface area contributed by atoms with Crippen LogP contribution in [0.25, 0.3) is 10.9 Å². The number of piperidine rings is 3. The van der Waals surface area contributed by atoms with Crippen LogP contribution in [0, 0.1) is 5.92 Å². The number of aromatic nitrogens is 1. The van der Waals surface area contributed by atoms with Crippen molar-refractivity contribution < 1.29 is 33.3 Å². The van der Waals surface area contributed by atoms with E-state index < -0.39 is 19.8 Å². The molecule has 3 saturated heterocycles. The molecule has 12 nitrogen and oxygen atoms in total. The number of carbonyl (C=O) groups excluding carboxylic acids is 2. The van der Waals surface area contributed by atoms with E-state index in [1.54, 1.807) is 43.3 Å². The Morgan fingerprint density at radius 1 is 1.03 bits per heavy atom. The van der Waals surface area contributed by atoms with Crippen molar-refractivity contribution in [3.8, 4) is 17.2 Å². The van der Waals surface area contributed by atoms with E-state index in [1.807, 2.05) is 6.07 Å². The van der Waals surface area contributed by atoms with Gasteiger partial charge in [0.1, 0.15) is 23.4 Å². The van der Waals surface area contributed by atoms with Gasteiger partial charge in [-0.05, 0) is 111 Å². The number of methoxy groups -OCH3 is 1. The van der Waals surface area contributed by atoms with Crippen LogP contribution in [0.1, 0.15) is 100 Å². The van der Waals surface area contributed by atoms with Crippen LogP contribution in [0.5, 0.6) is 17.2 Å². The second-order valence-electron chi connectivity index (χ2n) is 20.0. The fraction of sp³-hybridized carbons (Fsp3) is 0.549. The number of aromatic hydroxyl groups is 1. The minimum Gasteiger partial charge on any atom is -0.506 e. The average Bonchev–Trinajstić information content (AvgIpc) is 3.29. The minimum atomic E-state index is -2.28. The number of pyridine rings is 1. The summed E-state index contributed by atoms with van der Waals surface area (Å²) in [6.45, 7) is 15.2. The highest BCUT2D eigenvalue weighted by molar-refractivity contribution is 6.74. The van der Waals surface area contributed by atoms with Crippen LogP contribution in [0.4, 0.5) is 0 Å². The zero-order chi connectivity index (χ0) is 46.5. The SMILES string of the molecule is COc1cc(OCC(=O)N(C)CCCc2cccc(C3(C(=O)O[C@H]4CN5CCC4CC5)CCCCC3)c2)c(Cl)cc1CNCC(O[Si](C)(C)C(C)(C)C)c1ccc(O)c2[nH]c(=O)ccc12. The third-order valence-corrected chi connectivity index (χ3v) is 19.4. The Balaban J connectivity index is 0.935. The maximum atomic E-state index is 14.1. The van der Waals surface area contributed by atoms with E-state index in [2.05, 4.69) is 73.3 Å². The Morgan fingerprint density at radius 3 is 2.48 bits per heavy atom. The first kappa shape index (κ1) is 48.5. The van der Waals surface area contributed by atoms with Gasteiger partial charge in [-0.25, -0.2) is 0 Å². The number of halogens is 1. The molecule has 3 aliphatic heterocycles. The number of amides is 1. The van der Waals surface area contributed by atoms with Gasteiger partial charge >= 0.3 is 5.97 Å². The van der Waals surface area contributed by atoms with Crippen molar-refractivity contribution in [2.24, 2.45) is 5.92 Å². The van der Waals surface area contributed by atoms with Gasteiger partial charge in [0.15, 0.2) is 14.9 Å². The van der Waals surface area contributed by atoms with Crippen LogP contribution in [0.2, 0.25) is 23.2 Å². The molecule has 1 saturated carbocycles. The molecule has 65 heavy (non-hydrogen) atoms. The molecule has 1 aliphatic carbocycles. The van der Waals surface area contributed by atoms with E-state index in [0.29, 0.717) is 53.0 Å². The van der Waals surface area contributed by atoms with Gasteiger partial charge in [-0.1, -0.05) is 82.0 Å². The number of phenols is 1. The van der Waals surface area contributed by atoms with Crippen LogP contribution >= 0.6 is 11.6 Å². The summed E-state index contributed by atoms with van der Waals surface area (Å²) in [5.74, 6) is 1.16. The maximum absolute atomic E-state index is 14.1. The lowest BCUT2D eigenvalue weighted by Crippen LogP contribution is -2.53. The van der Waals surface area contributed by atoms with Gasteiger partial charge in [-0.3, -0.25) is 19.3 Å². The Morgan fingerprint density at radius 2 is 1.78 bits per heavy atom. The fourth-order valence-corrected chi connectivity index (χ4v) is 11.1. The van der Waals surface area contributed by atoms with Crippen LogP contribution < -0.4 is 20.3 Å². The predicted molar refractivity (Wildman–Crippen MR) is 259 cm³/mol. The normalized spacial score (nSPS) is 20.0. The molecule has 8 rings (SSSR count). The summed E-state index contributed by atoms with van der Waals surface area (Å²) in [6, 6.07) is 18.6. The number of ether oxygens (including phenoxy) is 3. The van der Waals surface area contributed by atoms with Crippen molar-refractivity contribution in [2.75, 3.05) is 53.5 Å². The second-order valence-corrected chi connectivity index (χ2v) is 25.2. The molecule has 4 fully saturated rings. The predicted octanol–water partition coefficient (Wildman–Crippen LogP) is 9.06. The second kappa shape index (κ2) is 20.6. The molecule has 2 atom stereocenters. The maximum Gasteiger partial charge on any atom is 0.316 e. The summed E-state index contributed by atoms with van der Waals surface area (Å²) in [5.41, 5.74) is 3.34. The van der Waals surface area contributed by atoms with Gasteiger partial charge in [0, 0.05) is 56.3 Å². The molecule has 0 spiro atoms. The number of benzene rings is 3. The largest absolute Gasteiger partial charge is 0.506 e. The summed E-state index contributed by atoms with van der Waals surface area (Å²) < 4.78 is 25.1. The summed E-state index contributed by atoms with van der Waals surface area (Å²) >= 11 is 6.77. The number of nitrogens with zero attached hydrogens (tertiary/aromatic N) is 2. The third-order valence-electron chi connectivity index (χ3n) is 14.6. The number of aryl methyl sites for hydroxylation is 1. The quantitative estimate of drug-likeness (QED) is 0.0654.